The molecule has 0 aliphatic carbocycles. The van der Waals surface area contributed by atoms with Crippen LogP contribution >= 0.6 is 17.0 Å². The lowest BCUT2D eigenvalue weighted by Crippen LogP contribution is -2.06. The standard InChI is InChI=1S/C13H29N.C2H7N.BrH/c1-3-4-5-6-7-8-9-10-11-12-13-14-2;1-3-2;/h14H,3-13H2,1-2H3;3H,1-2H3;1H. The average molecular weight is 325 g/mol. The van der Waals surface area contributed by atoms with Gasteiger partial charge in [-0.2, -0.15) is 0 Å². The lowest BCUT2D eigenvalue weighted by atomic mass is 10.1. The number of unbranched alkanes of at least 4 members (excludes halogenated alkanes) is 9. The Labute approximate surface area is 126 Å². The van der Waals surface area contributed by atoms with E-state index in [1.807, 2.05) is 21.1 Å². The molecule has 0 amide bonds. The molecule has 0 radical (unpaired) electrons. The molecule has 0 aliphatic heterocycles. The number of nitrogens with one attached hydrogen (secondary N) is 2. The van der Waals surface area contributed by atoms with Crippen molar-refractivity contribution in [2.24, 2.45) is 0 Å². The van der Waals surface area contributed by atoms with Gasteiger partial charge in [-0.3, -0.25) is 0 Å². The van der Waals surface area contributed by atoms with E-state index in [4.69, 9.17) is 0 Å². The van der Waals surface area contributed by atoms with Crippen LogP contribution in [0.2, 0.25) is 0 Å². The predicted molar refractivity (Wildman–Crippen MR) is 91.1 cm³/mol. The van der Waals surface area contributed by atoms with Crippen molar-refractivity contribution < 1.29 is 0 Å². The minimum absolute atomic E-state index is 0. The number of hydrogen-bond acceptors (Lipinski definition) is 2. The Balaban J connectivity index is -0.000000507. The highest BCUT2D eigenvalue weighted by molar-refractivity contribution is 8.93. The van der Waals surface area contributed by atoms with Crippen LogP contribution in [0.1, 0.15) is 71.1 Å². The Morgan fingerprint density at radius 1 is 0.611 bits per heavy atom. The summed E-state index contributed by atoms with van der Waals surface area (Å²) >= 11 is 0. The largest absolute Gasteiger partial charge is 0.323 e. The third kappa shape index (κ3) is 29.9. The third-order valence-electron chi connectivity index (χ3n) is 2.78. The molecule has 0 aliphatic rings. The molecule has 0 aromatic rings. The van der Waals surface area contributed by atoms with E-state index in [2.05, 4.69) is 17.6 Å². The van der Waals surface area contributed by atoms with Crippen molar-refractivity contribution in [1.29, 1.82) is 0 Å². The molecule has 0 fully saturated rings. The highest BCUT2D eigenvalue weighted by Crippen LogP contribution is 2.09. The Bertz CT molecular complexity index is 98.7. The second-order valence-corrected chi connectivity index (χ2v) is 4.79. The summed E-state index contributed by atoms with van der Waals surface area (Å²) in [4.78, 5) is 0. The maximum absolute atomic E-state index is 3.19. The van der Waals surface area contributed by atoms with Gasteiger partial charge in [-0.1, -0.05) is 64.7 Å². The van der Waals surface area contributed by atoms with Gasteiger partial charge < -0.3 is 10.6 Å². The van der Waals surface area contributed by atoms with E-state index < -0.39 is 0 Å². The Morgan fingerprint density at radius 3 is 1.28 bits per heavy atom. The summed E-state index contributed by atoms with van der Waals surface area (Å²) in [6, 6.07) is 0. The first kappa shape index (κ1) is 23.5. The molecule has 0 bridgehead atoms. The highest BCUT2D eigenvalue weighted by Gasteiger charge is 1.91. The van der Waals surface area contributed by atoms with Gasteiger partial charge in [-0.25, -0.2) is 0 Å². The third-order valence-corrected chi connectivity index (χ3v) is 2.78. The van der Waals surface area contributed by atoms with Crippen molar-refractivity contribution in [1.82, 2.24) is 10.6 Å². The van der Waals surface area contributed by atoms with Crippen LogP contribution < -0.4 is 10.6 Å². The van der Waals surface area contributed by atoms with Crippen molar-refractivity contribution in [2.75, 3.05) is 27.7 Å². The molecule has 3 heteroatoms. The molecule has 18 heavy (non-hydrogen) atoms. The molecule has 0 unspecified atom stereocenters. The fraction of sp³-hybridized carbons (Fsp3) is 1.00. The molecular formula is C15H37BrN2. The highest BCUT2D eigenvalue weighted by atomic mass is 79.9. The molecular weight excluding hydrogens is 288 g/mol. The number of hydrogen-bond donors (Lipinski definition) is 2. The predicted octanol–water partition coefficient (Wildman–Crippen LogP) is 4.54. The molecule has 0 spiro atoms. The van der Waals surface area contributed by atoms with E-state index in [-0.39, 0.29) is 17.0 Å². The molecule has 0 saturated heterocycles. The summed E-state index contributed by atoms with van der Waals surface area (Å²) in [5, 5.41) is 5.94. The Kier molecular flexibility index (Phi) is 34.0. The Hall–Kier alpha value is 0.400. The Morgan fingerprint density at radius 2 is 0.944 bits per heavy atom. The SMILES string of the molecule is Br.CCCCCCCCCCCCNC.CNC. The van der Waals surface area contributed by atoms with E-state index in [1.54, 1.807) is 0 Å². The van der Waals surface area contributed by atoms with Crippen LogP contribution in [0.25, 0.3) is 0 Å². The smallest absolute Gasteiger partial charge is 0.00519 e. The van der Waals surface area contributed by atoms with Gasteiger partial charge in [0.15, 0.2) is 0 Å². The van der Waals surface area contributed by atoms with E-state index in [9.17, 15) is 0 Å². The zero-order valence-electron chi connectivity index (χ0n) is 13.2. The summed E-state index contributed by atoms with van der Waals surface area (Å²) in [7, 11) is 5.79. The van der Waals surface area contributed by atoms with Gasteiger partial charge in [0.2, 0.25) is 0 Å². The fourth-order valence-corrected chi connectivity index (χ4v) is 1.79. The summed E-state index contributed by atoms with van der Waals surface area (Å²) in [5.74, 6) is 0. The monoisotopic (exact) mass is 324 g/mol. The molecule has 114 valence electrons. The van der Waals surface area contributed by atoms with Crippen LogP contribution in [-0.2, 0) is 0 Å². The van der Waals surface area contributed by atoms with Gasteiger partial charge >= 0.3 is 0 Å². The summed E-state index contributed by atoms with van der Waals surface area (Å²) in [5.41, 5.74) is 0. The van der Waals surface area contributed by atoms with E-state index in [0.717, 1.165) is 0 Å². The van der Waals surface area contributed by atoms with Crippen molar-refractivity contribution in [3.05, 3.63) is 0 Å². The normalized spacial score (nSPS) is 9.33. The number of halogens is 1. The lowest BCUT2D eigenvalue weighted by Gasteiger charge is -2.01. The van der Waals surface area contributed by atoms with Gasteiger partial charge in [-0.05, 0) is 34.1 Å². The van der Waals surface area contributed by atoms with E-state index >= 15 is 0 Å². The molecule has 0 atom stereocenters. The average Bonchev–Trinajstić information content (AvgIpc) is 2.33. The molecule has 2 N–H and O–H groups in total. The molecule has 0 saturated carbocycles. The maximum atomic E-state index is 3.19. The minimum atomic E-state index is 0. The van der Waals surface area contributed by atoms with Crippen LogP contribution in [0.3, 0.4) is 0 Å². The van der Waals surface area contributed by atoms with Crippen LogP contribution in [0.15, 0.2) is 0 Å². The van der Waals surface area contributed by atoms with Gasteiger partial charge in [0.05, 0.1) is 0 Å². The first-order chi connectivity index (χ1) is 8.33. The summed E-state index contributed by atoms with van der Waals surface area (Å²) in [6.45, 7) is 3.47. The van der Waals surface area contributed by atoms with Gasteiger partial charge in [0.1, 0.15) is 0 Å². The quantitative estimate of drug-likeness (QED) is 0.545. The maximum Gasteiger partial charge on any atom is -0.00519 e. The number of rotatable bonds is 11. The van der Waals surface area contributed by atoms with Gasteiger partial charge in [0, 0.05) is 0 Å². The second-order valence-electron chi connectivity index (χ2n) is 4.79. The summed E-state index contributed by atoms with van der Waals surface area (Å²) in [6.07, 6.45) is 14.3. The lowest BCUT2D eigenvalue weighted by molar-refractivity contribution is 0.551. The van der Waals surface area contributed by atoms with Gasteiger partial charge in [0.25, 0.3) is 0 Å². The fourth-order valence-electron chi connectivity index (χ4n) is 1.79. The van der Waals surface area contributed by atoms with Crippen molar-refractivity contribution in [2.45, 2.75) is 71.1 Å². The van der Waals surface area contributed by atoms with Crippen molar-refractivity contribution in [3.63, 3.8) is 0 Å². The van der Waals surface area contributed by atoms with E-state index in [0.29, 0.717) is 0 Å². The molecule has 0 aromatic heterocycles. The van der Waals surface area contributed by atoms with Crippen LogP contribution in [0, 0.1) is 0 Å². The van der Waals surface area contributed by atoms with Crippen molar-refractivity contribution in [3.8, 4) is 0 Å². The van der Waals surface area contributed by atoms with Gasteiger partial charge in [-0.15, -0.1) is 17.0 Å². The van der Waals surface area contributed by atoms with Crippen LogP contribution in [-0.4, -0.2) is 27.7 Å². The zero-order valence-corrected chi connectivity index (χ0v) is 14.9. The van der Waals surface area contributed by atoms with Crippen LogP contribution in [0.4, 0.5) is 0 Å². The second kappa shape index (κ2) is 26.1. The molecule has 0 aromatic carbocycles. The summed E-state index contributed by atoms with van der Waals surface area (Å²) < 4.78 is 0. The molecule has 0 rings (SSSR count). The van der Waals surface area contributed by atoms with E-state index in [1.165, 1.54) is 70.8 Å². The van der Waals surface area contributed by atoms with Crippen molar-refractivity contribution >= 4 is 17.0 Å². The minimum Gasteiger partial charge on any atom is -0.323 e. The topological polar surface area (TPSA) is 24.1 Å². The zero-order chi connectivity index (χ0) is 13.2. The molecule has 2 nitrogen and oxygen atoms in total. The van der Waals surface area contributed by atoms with Crippen LogP contribution in [0.5, 0.6) is 0 Å². The molecule has 0 heterocycles. The first-order valence-corrected chi connectivity index (χ1v) is 7.56. The first-order valence-electron chi connectivity index (χ1n) is 7.56.